The maximum atomic E-state index is 13.2. The van der Waals surface area contributed by atoms with E-state index in [9.17, 15) is 14.0 Å². The van der Waals surface area contributed by atoms with E-state index in [1.54, 1.807) is 35.4 Å². The van der Waals surface area contributed by atoms with Crippen LogP contribution in [0, 0.1) is 5.82 Å². The maximum Gasteiger partial charge on any atom is 0.243 e. The highest BCUT2D eigenvalue weighted by Gasteiger charge is 2.33. The Balaban J connectivity index is 1.59. The molecule has 0 spiro atoms. The highest BCUT2D eigenvalue weighted by atomic mass is 19.1. The van der Waals surface area contributed by atoms with Gasteiger partial charge in [0.2, 0.25) is 11.8 Å². The van der Waals surface area contributed by atoms with Gasteiger partial charge in [-0.15, -0.1) is 0 Å². The van der Waals surface area contributed by atoms with Crippen LogP contribution in [0.5, 0.6) is 0 Å². The van der Waals surface area contributed by atoms with E-state index in [1.165, 1.54) is 12.1 Å². The number of hydrogen-bond acceptors (Lipinski definition) is 3. The number of halogens is 1. The van der Waals surface area contributed by atoms with E-state index in [4.69, 9.17) is 4.42 Å². The van der Waals surface area contributed by atoms with Crippen LogP contribution in [0.2, 0.25) is 0 Å². The van der Waals surface area contributed by atoms with Crippen molar-refractivity contribution in [2.75, 3.05) is 6.54 Å². The topological polar surface area (TPSA) is 62.6 Å². The molecule has 1 aliphatic heterocycles. The van der Waals surface area contributed by atoms with Crippen molar-refractivity contribution in [3.63, 3.8) is 0 Å². The van der Waals surface area contributed by atoms with E-state index in [-0.39, 0.29) is 24.1 Å². The van der Waals surface area contributed by atoms with E-state index in [2.05, 4.69) is 5.32 Å². The first kappa shape index (κ1) is 16.2. The van der Waals surface area contributed by atoms with E-state index in [1.807, 2.05) is 0 Å². The van der Waals surface area contributed by atoms with Crippen LogP contribution in [0.25, 0.3) is 0 Å². The molecule has 0 radical (unpaired) electrons. The Kier molecular flexibility index (Phi) is 4.93. The molecular weight excluding hydrogens is 311 g/mol. The second-order valence-electron chi connectivity index (χ2n) is 5.85. The summed E-state index contributed by atoms with van der Waals surface area (Å²) >= 11 is 0. The van der Waals surface area contributed by atoms with Gasteiger partial charge in [0.1, 0.15) is 17.6 Å². The molecule has 0 unspecified atom stereocenters. The molecule has 1 atom stereocenters. The minimum Gasteiger partial charge on any atom is -0.467 e. The number of benzene rings is 1. The Morgan fingerprint density at radius 3 is 2.92 bits per heavy atom. The summed E-state index contributed by atoms with van der Waals surface area (Å²) < 4.78 is 18.4. The van der Waals surface area contributed by atoms with Crippen molar-refractivity contribution in [3.8, 4) is 0 Å². The van der Waals surface area contributed by atoms with Crippen LogP contribution in [0.4, 0.5) is 4.39 Å². The molecule has 2 aromatic rings. The first-order valence-electron chi connectivity index (χ1n) is 7.97. The van der Waals surface area contributed by atoms with Gasteiger partial charge in [-0.1, -0.05) is 12.1 Å². The van der Waals surface area contributed by atoms with E-state index >= 15 is 0 Å². The molecule has 1 fully saturated rings. The molecule has 3 rings (SSSR count). The van der Waals surface area contributed by atoms with Crippen molar-refractivity contribution in [2.24, 2.45) is 0 Å². The summed E-state index contributed by atoms with van der Waals surface area (Å²) in [6, 6.07) is 9.04. The predicted molar refractivity (Wildman–Crippen MR) is 85.4 cm³/mol. The highest BCUT2D eigenvalue weighted by molar-refractivity contribution is 5.89. The molecule has 2 amide bonds. The fourth-order valence-corrected chi connectivity index (χ4v) is 2.97. The number of furan rings is 1. The summed E-state index contributed by atoms with van der Waals surface area (Å²) in [4.78, 5) is 26.4. The lowest BCUT2D eigenvalue weighted by atomic mass is 10.1. The molecule has 5 nitrogen and oxygen atoms in total. The summed E-state index contributed by atoms with van der Waals surface area (Å²) in [7, 11) is 0. The summed E-state index contributed by atoms with van der Waals surface area (Å²) in [5.41, 5.74) is 0.613. The van der Waals surface area contributed by atoms with Gasteiger partial charge in [-0.2, -0.15) is 0 Å². The quantitative estimate of drug-likeness (QED) is 0.915. The predicted octanol–water partition coefficient (Wildman–Crippen LogP) is 2.27. The largest absolute Gasteiger partial charge is 0.467 e. The summed E-state index contributed by atoms with van der Waals surface area (Å²) in [6.45, 7) is 0.848. The molecule has 1 saturated heterocycles. The Labute approximate surface area is 139 Å². The lowest BCUT2D eigenvalue weighted by Crippen LogP contribution is -2.46. The van der Waals surface area contributed by atoms with Crippen molar-refractivity contribution in [1.82, 2.24) is 10.2 Å². The molecule has 6 heteroatoms. The number of hydrogen-bond donors (Lipinski definition) is 1. The minimum atomic E-state index is -0.471. The van der Waals surface area contributed by atoms with Gasteiger partial charge in [0.15, 0.2) is 0 Å². The number of carbonyl (C=O) groups excluding carboxylic acids is 2. The fourth-order valence-electron chi connectivity index (χ4n) is 2.97. The van der Waals surface area contributed by atoms with Crippen LogP contribution in [0.15, 0.2) is 47.1 Å². The van der Waals surface area contributed by atoms with E-state index in [0.717, 1.165) is 6.42 Å². The van der Waals surface area contributed by atoms with Crippen LogP contribution in [0.1, 0.15) is 24.2 Å². The number of amides is 2. The summed E-state index contributed by atoms with van der Waals surface area (Å²) in [5, 5.41) is 2.80. The zero-order chi connectivity index (χ0) is 16.9. The number of nitrogens with zero attached hydrogens (tertiary/aromatic N) is 1. The van der Waals surface area contributed by atoms with Crippen LogP contribution >= 0.6 is 0 Å². The molecule has 24 heavy (non-hydrogen) atoms. The Bertz CT molecular complexity index is 715. The second-order valence-corrected chi connectivity index (χ2v) is 5.85. The smallest absolute Gasteiger partial charge is 0.243 e. The van der Waals surface area contributed by atoms with Crippen LogP contribution in [-0.4, -0.2) is 29.3 Å². The number of carbonyl (C=O) groups is 2. The van der Waals surface area contributed by atoms with Gasteiger partial charge >= 0.3 is 0 Å². The SMILES string of the molecule is O=C(NCc1ccco1)[C@@H]1CCCN1C(=O)Cc1cccc(F)c1. The average Bonchev–Trinajstić information content (AvgIpc) is 3.24. The van der Waals surface area contributed by atoms with Crippen molar-refractivity contribution in [3.05, 3.63) is 59.8 Å². The highest BCUT2D eigenvalue weighted by Crippen LogP contribution is 2.19. The Hall–Kier alpha value is -2.63. The molecule has 1 N–H and O–H groups in total. The van der Waals surface area contributed by atoms with Crippen molar-refractivity contribution in [1.29, 1.82) is 0 Å². The average molecular weight is 330 g/mol. The number of rotatable bonds is 5. The van der Waals surface area contributed by atoms with Crippen LogP contribution < -0.4 is 5.32 Å². The summed E-state index contributed by atoms with van der Waals surface area (Å²) in [6.07, 6.45) is 3.07. The Morgan fingerprint density at radius 2 is 2.17 bits per heavy atom. The van der Waals surface area contributed by atoms with E-state index < -0.39 is 6.04 Å². The third kappa shape index (κ3) is 3.82. The van der Waals surface area contributed by atoms with Gasteiger partial charge in [-0.05, 0) is 42.7 Å². The third-order valence-corrected chi connectivity index (χ3v) is 4.14. The van der Waals surface area contributed by atoms with E-state index in [0.29, 0.717) is 30.8 Å². The van der Waals surface area contributed by atoms with Crippen LogP contribution in [0.3, 0.4) is 0 Å². The zero-order valence-corrected chi connectivity index (χ0v) is 13.2. The van der Waals surface area contributed by atoms with Crippen molar-refractivity contribution >= 4 is 11.8 Å². The van der Waals surface area contributed by atoms with Crippen molar-refractivity contribution < 1.29 is 18.4 Å². The zero-order valence-electron chi connectivity index (χ0n) is 13.2. The normalized spacial score (nSPS) is 17.0. The molecule has 126 valence electrons. The lowest BCUT2D eigenvalue weighted by Gasteiger charge is -2.24. The van der Waals surface area contributed by atoms with Gasteiger partial charge < -0.3 is 14.6 Å². The van der Waals surface area contributed by atoms with Gasteiger partial charge in [0.05, 0.1) is 19.2 Å². The summed E-state index contributed by atoms with van der Waals surface area (Å²) in [5.74, 6) is -0.0406. The van der Waals surface area contributed by atoms with Gasteiger partial charge in [-0.25, -0.2) is 4.39 Å². The molecule has 0 aliphatic carbocycles. The molecule has 0 saturated carbocycles. The monoisotopic (exact) mass is 330 g/mol. The first-order valence-corrected chi connectivity index (χ1v) is 7.97. The van der Waals surface area contributed by atoms with Crippen molar-refractivity contribution in [2.45, 2.75) is 31.8 Å². The Morgan fingerprint density at radius 1 is 1.29 bits per heavy atom. The van der Waals surface area contributed by atoms with Gasteiger partial charge in [0, 0.05) is 6.54 Å². The molecular formula is C18H19FN2O3. The minimum absolute atomic E-state index is 0.0969. The second kappa shape index (κ2) is 7.29. The third-order valence-electron chi connectivity index (χ3n) is 4.14. The standard InChI is InChI=1S/C18H19FN2O3/c19-14-5-1-4-13(10-14)11-17(22)21-8-2-7-16(21)18(23)20-12-15-6-3-9-24-15/h1,3-6,9-10,16H,2,7-8,11-12H2,(H,20,23)/t16-/m0/s1. The van der Waals surface area contributed by atoms with Gasteiger partial charge in [0.25, 0.3) is 0 Å². The lowest BCUT2D eigenvalue weighted by molar-refractivity contribution is -0.138. The van der Waals surface area contributed by atoms with Crippen LogP contribution in [-0.2, 0) is 22.6 Å². The number of likely N-dealkylation sites (tertiary alicyclic amines) is 1. The molecule has 0 bridgehead atoms. The molecule has 2 heterocycles. The number of nitrogens with one attached hydrogen (secondary N) is 1. The molecule has 1 aromatic carbocycles. The fraction of sp³-hybridized carbons (Fsp3) is 0.333. The molecule has 1 aromatic heterocycles. The maximum absolute atomic E-state index is 13.2. The molecule has 1 aliphatic rings. The van der Waals surface area contributed by atoms with Gasteiger partial charge in [-0.3, -0.25) is 9.59 Å². The first-order chi connectivity index (χ1) is 11.6.